The third-order valence-corrected chi connectivity index (χ3v) is 12.7. The van der Waals surface area contributed by atoms with Crippen LogP contribution in [0.4, 0.5) is 34.1 Å². The smallest absolute Gasteiger partial charge is 0.256 e. The first-order valence-corrected chi connectivity index (χ1v) is 21.2. The molecule has 0 saturated carbocycles. The molecule has 0 bridgehead atoms. The van der Waals surface area contributed by atoms with Crippen LogP contribution in [0.2, 0.25) is 0 Å². The van der Waals surface area contributed by atoms with Gasteiger partial charge in [0.2, 0.25) is 0 Å². The number of fused-ring (bicyclic) bond motifs is 9. The predicted molar refractivity (Wildman–Crippen MR) is 258 cm³/mol. The van der Waals surface area contributed by atoms with Crippen LogP contribution in [0, 0.1) is 0 Å². The maximum atomic E-state index is 7.34. The van der Waals surface area contributed by atoms with Crippen molar-refractivity contribution in [2.45, 2.75) is 0 Å². The van der Waals surface area contributed by atoms with Crippen molar-refractivity contribution in [3.63, 3.8) is 0 Å². The van der Waals surface area contributed by atoms with Crippen LogP contribution in [0.1, 0.15) is 0 Å². The van der Waals surface area contributed by atoms with E-state index >= 15 is 0 Å². The molecule has 0 amide bonds. The summed E-state index contributed by atoms with van der Waals surface area (Å²) in [6.07, 6.45) is 0. The van der Waals surface area contributed by atoms with Crippen LogP contribution in [-0.2, 0) is 0 Å². The van der Waals surface area contributed by atoms with Gasteiger partial charge in [-0.2, -0.15) is 0 Å². The molecule has 11 aromatic rings. The Kier molecular flexibility index (Phi) is 7.63. The lowest BCUT2D eigenvalue weighted by molar-refractivity contribution is 0.487. The summed E-state index contributed by atoms with van der Waals surface area (Å²) >= 11 is 0. The SMILES string of the molecule is c1ccc(N(c2ccccc2)c2ccc3c(c2)Oc2cc(N(c4ccccc4)c4ccccc4)cc4c2B3c2cccc3c2n-4c2c4ccccc4n(-c4ccccc4)c32)cc1. The van der Waals surface area contributed by atoms with Gasteiger partial charge in [-0.3, -0.25) is 0 Å². The number of ether oxygens (including phenoxy) is 1. The molecule has 62 heavy (non-hydrogen) atoms. The van der Waals surface area contributed by atoms with E-state index in [-0.39, 0.29) is 6.71 Å². The Morgan fingerprint density at radius 1 is 0.355 bits per heavy atom. The molecular formula is C56H37BN4O. The number of hydrogen-bond acceptors (Lipinski definition) is 3. The molecule has 5 nitrogen and oxygen atoms in total. The fraction of sp³-hybridized carbons (Fsp3) is 0. The van der Waals surface area contributed by atoms with Gasteiger partial charge in [-0.15, -0.1) is 0 Å². The van der Waals surface area contributed by atoms with Crippen LogP contribution in [-0.4, -0.2) is 15.8 Å². The van der Waals surface area contributed by atoms with Gasteiger partial charge >= 0.3 is 0 Å². The molecule has 0 saturated heterocycles. The average molecular weight is 793 g/mol. The first kappa shape index (κ1) is 34.6. The van der Waals surface area contributed by atoms with Gasteiger partial charge in [0.1, 0.15) is 11.5 Å². The van der Waals surface area contributed by atoms with E-state index in [4.69, 9.17) is 4.74 Å². The zero-order chi connectivity index (χ0) is 40.7. The zero-order valence-electron chi connectivity index (χ0n) is 33.6. The van der Waals surface area contributed by atoms with Gasteiger partial charge < -0.3 is 23.7 Å². The predicted octanol–water partition coefficient (Wildman–Crippen LogP) is 12.6. The van der Waals surface area contributed by atoms with Crippen molar-refractivity contribution >= 4 is 90.1 Å². The number of para-hydroxylation sites is 7. The summed E-state index contributed by atoms with van der Waals surface area (Å²) in [7, 11) is 0. The van der Waals surface area contributed by atoms with Crippen LogP contribution >= 0.6 is 0 Å². The molecule has 0 unspecified atom stereocenters. The van der Waals surface area contributed by atoms with Crippen LogP contribution < -0.4 is 30.9 Å². The van der Waals surface area contributed by atoms with Crippen molar-refractivity contribution in [1.29, 1.82) is 0 Å². The molecule has 9 aromatic carbocycles. The molecule has 0 fully saturated rings. The normalized spacial score (nSPS) is 12.3. The minimum Gasteiger partial charge on any atom is -0.458 e. The third kappa shape index (κ3) is 5.10. The second kappa shape index (κ2) is 13.7. The van der Waals surface area contributed by atoms with E-state index in [9.17, 15) is 0 Å². The van der Waals surface area contributed by atoms with Crippen molar-refractivity contribution in [2.75, 3.05) is 9.80 Å². The third-order valence-electron chi connectivity index (χ3n) is 12.7. The summed E-state index contributed by atoms with van der Waals surface area (Å²) in [5.74, 6) is 1.71. The summed E-state index contributed by atoms with van der Waals surface area (Å²) in [6, 6.07) is 80.4. The van der Waals surface area contributed by atoms with E-state index in [1.807, 2.05) is 0 Å². The standard InChI is InChI=1S/C56H37BN4O/c1-6-19-38(20-7-1)58(39-21-8-2-9-22-39)43-33-34-47-51(36-43)62-52-37-44(59(40-23-10-3-11-24-40)41-25-12-4-13-26-41)35-50-53(52)57(47)48-31-18-30-46-54(48)61(50)55-45-29-16-17-32-49(45)60(56(46)55)42-27-14-5-15-28-42/h1-37H. The van der Waals surface area contributed by atoms with Gasteiger partial charge in [-0.25, -0.2) is 0 Å². The lowest BCUT2D eigenvalue weighted by Crippen LogP contribution is -2.58. The Morgan fingerprint density at radius 2 is 0.871 bits per heavy atom. The lowest BCUT2D eigenvalue weighted by Gasteiger charge is -2.36. The molecule has 2 aliphatic heterocycles. The van der Waals surface area contributed by atoms with Gasteiger partial charge in [-0.05, 0) is 95.3 Å². The number of benzene rings is 9. The molecule has 0 radical (unpaired) electrons. The summed E-state index contributed by atoms with van der Waals surface area (Å²) in [5, 5.41) is 2.43. The van der Waals surface area contributed by atoms with Crippen molar-refractivity contribution in [1.82, 2.24) is 9.13 Å². The molecule has 2 aromatic heterocycles. The monoisotopic (exact) mass is 792 g/mol. The fourth-order valence-electron chi connectivity index (χ4n) is 10.2. The molecule has 13 rings (SSSR count). The van der Waals surface area contributed by atoms with Crippen molar-refractivity contribution in [3.05, 3.63) is 224 Å². The maximum Gasteiger partial charge on any atom is 0.256 e. The molecule has 0 aliphatic carbocycles. The summed E-state index contributed by atoms with van der Waals surface area (Å²) in [5.41, 5.74) is 17.0. The van der Waals surface area contributed by atoms with Crippen LogP contribution in [0.15, 0.2) is 224 Å². The quantitative estimate of drug-likeness (QED) is 0.150. The lowest BCUT2D eigenvalue weighted by atomic mass is 9.34. The first-order valence-electron chi connectivity index (χ1n) is 21.2. The van der Waals surface area contributed by atoms with E-state index < -0.39 is 0 Å². The number of anilines is 6. The van der Waals surface area contributed by atoms with Crippen LogP contribution in [0.5, 0.6) is 11.5 Å². The van der Waals surface area contributed by atoms with Crippen LogP contribution in [0.25, 0.3) is 44.2 Å². The Balaban J connectivity index is 1.13. The number of hydrogen-bond donors (Lipinski definition) is 0. The molecule has 290 valence electrons. The van der Waals surface area contributed by atoms with Gasteiger partial charge in [0, 0.05) is 62.7 Å². The van der Waals surface area contributed by atoms with E-state index in [1.165, 1.54) is 43.8 Å². The maximum absolute atomic E-state index is 7.34. The highest BCUT2D eigenvalue weighted by Gasteiger charge is 2.42. The van der Waals surface area contributed by atoms with Crippen molar-refractivity contribution < 1.29 is 4.74 Å². The second-order valence-corrected chi connectivity index (χ2v) is 16.1. The van der Waals surface area contributed by atoms with E-state index in [1.54, 1.807) is 0 Å². The summed E-state index contributed by atoms with van der Waals surface area (Å²) in [4.78, 5) is 4.65. The summed E-state index contributed by atoms with van der Waals surface area (Å²) in [6.45, 7) is -0.0673. The van der Waals surface area contributed by atoms with Crippen molar-refractivity contribution in [2.24, 2.45) is 0 Å². The summed E-state index contributed by atoms with van der Waals surface area (Å²) < 4.78 is 12.3. The van der Waals surface area contributed by atoms with Gasteiger partial charge in [0.05, 0.1) is 27.8 Å². The number of rotatable bonds is 7. The molecule has 0 spiro atoms. The van der Waals surface area contributed by atoms with Gasteiger partial charge in [-0.1, -0.05) is 133 Å². The first-order chi connectivity index (χ1) is 30.8. The molecular weight excluding hydrogens is 755 g/mol. The highest BCUT2D eigenvalue weighted by Crippen LogP contribution is 2.46. The second-order valence-electron chi connectivity index (χ2n) is 16.1. The highest BCUT2D eigenvalue weighted by molar-refractivity contribution is 6.99. The Bertz CT molecular complexity index is 3420. The molecule has 6 heteroatoms. The van der Waals surface area contributed by atoms with E-state index in [0.29, 0.717) is 0 Å². The topological polar surface area (TPSA) is 25.6 Å². The molecule has 0 N–H and O–H groups in total. The van der Waals surface area contributed by atoms with E-state index in [0.717, 1.165) is 62.5 Å². The molecule has 2 aliphatic rings. The number of aromatic nitrogens is 2. The molecule has 4 heterocycles. The van der Waals surface area contributed by atoms with Gasteiger partial charge in [0.15, 0.2) is 0 Å². The minimum atomic E-state index is -0.0673. The van der Waals surface area contributed by atoms with Crippen molar-refractivity contribution in [3.8, 4) is 22.9 Å². The zero-order valence-corrected chi connectivity index (χ0v) is 33.6. The molecule has 0 atom stereocenters. The van der Waals surface area contributed by atoms with Gasteiger partial charge in [0.25, 0.3) is 6.71 Å². The minimum absolute atomic E-state index is 0.0673. The largest absolute Gasteiger partial charge is 0.458 e. The average Bonchev–Trinajstić information content (AvgIpc) is 3.86. The van der Waals surface area contributed by atoms with E-state index in [2.05, 4.69) is 243 Å². The highest BCUT2D eigenvalue weighted by atomic mass is 16.5. The Labute approximate surface area is 359 Å². The fourth-order valence-corrected chi connectivity index (χ4v) is 10.2. The number of nitrogens with zero attached hydrogens (tertiary/aromatic N) is 4. The Morgan fingerprint density at radius 3 is 1.50 bits per heavy atom. The Hall–Kier alpha value is -8.22. The van der Waals surface area contributed by atoms with Crippen LogP contribution in [0.3, 0.4) is 0 Å².